The average molecular weight is 243 g/mol. The first-order valence-corrected chi connectivity index (χ1v) is 5.02. The molecule has 0 aliphatic heterocycles. The predicted octanol–water partition coefficient (Wildman–Crippen LogP) is 2.99. The van der Waals surface area contributed by atoms with Crippen molar-refractivity contribution in [1.82, 2.24) is 0 Å². The highest BCUT2D eigenvalue weighted by Gasteiger charge is 2.08. The summed E-state index contributed by atoms with van der Waals surface area (Å²) in [5.41, 5.74) is 1.13. The number of hydrogen-bond acceptors (Lipinski definition) is 1. The van der Waals surface area contributed by atoms with Gasteiger partial charge in [-0.05, 0) is 12.0 Å². The van der Waals surface area contributed by atoms with E-state index in [2.05, 4.69) is 15.9 Å². The van der Waals surface area contributed by atoms with Crippen LogP contribution < -0.4 is 0 Å². The first-order valence-electron chi connectivity index (χ1n) is 4.11. The summed E-state index contributed by atoms with van der Waals surface area (Å²) in [5.74, 6) is -0.750. The quantitative estimate of drug-likeness (QED) is 0.825. The number of carboxylic acid groups (broad SMARTS) is 1. The Bertz CT molecular complexity index is 272. The van der Waals surface area contributed by atoms with Gasteiger partial charge in [0.05, 0.1) is 0 Å². The lowest BCUT2D eigenvalue weighted by Crippen LogP contribution is -1.97. The van der Waals surface area contributed by atoms with Gasteiger partial charge in [-0.25, -0.2) is 0 Å². The number of aliphatic carboxylic acids is 1. The Hall–Kier alpha value is -0.830. The minimum absolute atomic E-state index is 0.143. The number of benzene rings is 1. The highest BCUT2D eigenvalue weighted by Crippen LogP contribution is 2.26. The largest absolute Gasteiger partial charge is 0.481 e. The van der Waals surface area contributed by atoms with Crippen LogP contribution in [0.1, 0.15) is 23.2 Å². The topological polar surface area (TPSA) is 37.3 Å². The molecule has 0 aliphatic rings. The van der Waals surface area contributed by atoms with Gasteiger partial charge in [-0.3, -0.25) is 4.79 Å². The van der Waals surface area contributed by atoms with Crippen molar-refractivity contribution in [1.29, 1.82) is 0 Å². The van der Waals surface area contributed by atoms with Crippen molar-refractivity contribution in [3.63, 3.8) is 0 Å². The fourth-order valence-electron chi connectivity index (χ4n) is 1.08. The third-order valence-corrected chi connectivity index (χ3v) is 2.76. The van der Waals surface area contributed by atoms with E-state index in [1.165, 1.54) is 0 Å². The Morgan fingerprint density at radius 2 is 2.00 bits per heavy atom. The molecule has 1 atom stereocenters. The molecule has 1 unspecified atom stereocenters. The third-order valence-electron chi connectivity index (χ3n) is 1.77. The summed E-state index contributed by atoms with van der Waals surface area (Å²) < 4.78 is 0. The van der Waals surface area contributed by atoms with Crippen LogP contribution in [-0.2, 0) is 4.79 Å². The minimum Gasteiger partial charge on any atom is -0.481 e. The van der Waals surface area contributed by atoms with Gasteiger partial charge in [0, 0.05) is 11.2 Å². The monoisotopic (exact) mass is 242 g/mol. The molecule has 0 aromatic heterocycles. The van der Waals surface area contributed by atoms with Gasteiger partial charge in [-0.15, -0.1) is 0 Å². The molecule has 0 fully saturated rings. The van der Waals surface area contributed by atoms with Crippen molar-refractivity contribution in [2.24, 2.45) is 0 Å². The van der Waals surface area contributed by atoms with E-state index in [0.29, 0.717) is 6.42 Å². The van der Waals surface area contributed by atoms with E-state index in [-0.39, 0.29) is 11.2 Å². The molecule has 3 heteroatoms. The van der Waals surface area contributed by atoms with Gasteiger partial charge >= 0.3 is 5.97 Å². The molecule has 0 spiro atoms. The normalized spacial score (nSPS) is 12.4. The Morgan fingerprint density at radius 3 is 2.54 bits per heavy atom. The lowest BCUT2D eigenvalue weighted by atomic mass is 10.1. The Morgan fingerprint density at radius 1 is 1.38 bits per heavy atom. The second-order valence-electron chi connectivity index (χ2n) is 2.81. The van der Waals surface area contributed by atoms with Gasteiger partial charge < -0.3 is 5.11 Å². The summed E-state index contributed by atoms with van der Waals surface area (Å²) in [4.78, 5) is 10.5. The van der Waals surface area contributed by atoms with E-state index in [1.807, 2.05) is 30.3 Å². The smallest absolute Gasteiger partial charge is 0.303 e. The van der Waals surface area contributed by atoms with E-state index in [1.54, 1.807) is 0 Å². The van der Waals surface area contributed by atoms with Crippen molar-refractivity contribution in [3.8, 4) is 0 Å². The Balaban J connectivity index is 2.49. The zero-order chi connectivity index (χ0) is 9.68. The molecular formula is C10H11BrO2. The van der Waals surface area contributed by atoms with Crippen LogP contribution in [-0.4, -0.2) is 11.1 Å². The molecule has 1 rings (SSSR count). The molecule has 0 bridgehead atoms. The molecule has 0 amide bonds. The van der Waals surface area contributed by atoms with Gasteiger partial charge in [-0.1, -0.05) is 46.3 Å². The molecule has 1 N–H and O–H groups in total. The lowest BCUT2D eigenvalue weighted by molar-refractivity contribution is -0.137. The fourth-order valence-corrected chi connectivity index (χ4v) is 1.61. The molecule has 0 aliphatic carbocycles. The second kappa shape index (κ2) is 5.02. The molecule has 13 heavy (non-hydrogen) atoms. The van der Waals surface area contributed by atoms with Crippen LogP contribution in [0.4, 0.5) is 0 Å². The van der Waals surface area contributed by atoms with Crippen LogP contribution in [0.5, 0.6) is 0 Å². The summed E-state index contributed by atoms with van der Waals surface area (Å²) in [7, 11) is 0. The molecule has 0 radical (unpaired) electrons. The van der Waals surface area contributed by atoms with Crippen LogP contribution >= 0.6 is 15.9 Å². The molecule has 1 aromatic rings. The maximum absolute atomic E-state index is 10.3. The first kappa shape index (κ1) is 10.3. The van der Waals surface area contributed by atoms with Crippen molar-refractivity contribution in [2.45, 2.75) is 17.7 Å². The zero-order valence-corrected chi connectivity index (χ0v) is 8.70. The molecule has 0 heterocycles. The maximum Gasteiger partial charge on any atom is 0.303 e. The molecule has 1 aromatic carbocycles. The second-order valence-corrected chi connectivity index (χ2v) is 3.92. The SMILES string of the molecule is O=C(O)CCC(Br)c1ccccc1. The Kier molecular flexibility index (Phi) is 3.96. The van der Waals surface area contributed by atoms with E-state index in [0.717, 1.165) is 5.56 Å². The van der Waals surface area contributed by atoms with Crippen LogP contribution in [0.3, 0.4) is 0 Å². The summed E-state index contributed by atoms with van der Waals surface area (Å²) in [6.45, 7) is 0. The number of carboxylic acids is 1. The number of carbonyl (C=O) groups is 1. The number of alkyl halides is 1. The van der Waals surface area contributed by atoms with Gasteiger partial charge in [0.25, 0.3) is 0 Å². The first-order chi connectivity index (χ1) is 6.20. The molecule has 0 saturated carbocycles. The van der Waals surface area contributed by atoms with Crippen molar-refractivity contribution < 1.29 is 9.90 Å². The van der Waals surface area contributed by atoms with E-state index in [4.69, 9.17) is 5.11 Å². The molecule has 0 saturated heterocycles. The predicted molar refractivity (Wildman–Crippen MR) is 55.0 cm³/mol. The van der Waals surface area contributed by atoms with Crippen LogP contribution in [0.2, 0.25) is 0 Å². The zero-order valence-electron chi connectivity index (χ0n) is 7.11. The number of rotatable bonds is 4. The van der Waals surface area contributed by atoms with Crippen molar-refractivity contribution in [2.75, 3.05) is 0 Å². The summed E-state index contributed by atoms with van der Waals surface area (Å²) in [6.07, 6.45) is 0.824. The lowest BCUT2D eigenvalue weighted by Gasteiger charge is -2.07. The summed E-state index contributed by atoms with van der Waals surface area (Å²) >= 11 is 3.45. The van der Waals surface area contributed by atoms with Gasteiger partial charge in [0.2, 0.25) is 0 Å². The number of hydrogen-bond donors (Lipinski definition) is 1. The highest BCUT2D eigenvalue weighted by molar-refractivity contribution is 9.09. The summed E-state index contributed by atoms with van der Waals surface area (Å²) in [5, 5.41) is 8.49. The third kappa shape index (κ3) is 3.59. The fraction of sp³-hybridized carbons (Fsp3) is 0.300. The van der Waals surface area contributed by atoms with E-state index in [9.17, 15) is 4.79 Å². The van der Waals surface area contributed by atoms with Crippen molar-refractivity contribution >= 4 is 21.9 Å². The molecule has 2 nitrogen and oxygen atoms in total. The van der Waals surface area contributed by atoms with Crippen LogP contribution in [0, 0.1) is 0 Å². The van der Waals surface area contributed by atoms with Crippen LogP contribution in [0.15, 0.2) is 30.3 Å². The Labute approximate surface area is 85.7 Å². The maximum atomic E-state index is 10.3. The van der Waals surface area contributed by atoms with Gasteiger partial charge in [0.15, 0.2) is 0 Å². The standard InChI is InChI=1S/C10H11BrO2/c11-9(6-7-10(12)13)8-4-2-1-3-5-8/h1-5,9H,6-7H2,(H,12,13). The van der Waals surface area contributed by atoms with Gasteiger partial charge in [-0.2, -0.15) is 0 Å². The van der Waals surface area contributed by atoms with E-state index >= 15 is 0 Å². The molecule has 70 valence electrons. The summed E-state index contributed by atoms with van der Waals surface area (Å²) in [6, 6.07) is 9.82. The highest BCUT2D eigenvalue weighted by atomic mass is 79.9. The molecular weight excluding hydrogens is 232 g/mol. The minimum atomic E-state index is -0.750. The average Bonchev–Trinajstić information content (AvgIpc) is 2.15. The number of halogens is 1. The van der Waals surface area contributed by atoms with E-state index < -0.39 is 5.97 Å². The van der Waals surface area contributed by atoms with Gasteiger partial charge in [0.1, 0.15) is 0 Å². The van der Waals surface area contributed by atoms with Crippen LogP contribution in [0.25, 0.3) is 0 Å². The van der Waals surface area contributed by atoms with Crippen molar-refractivity contribution in [3.05, 3.63) is 35.9 Å².